The van der Waals surface area contributed by atoms with E-state index < -0.39 is 0 Å². The summed E-state index contributed by atoms with van der Waals surface area (Å²) in [5, 5.41) is 9.51. The van der Waals surface area contributed by atoms with Crippen LogP contribution in [0.4, 0.5) is 0 Å². The Labute approximate surface area is 133 Å². The van der Waals surface area contributed by atoms with Crippen LogP contribution in [-0.4, -0.2) is 72.9 Å². The highest BCUT2D eigenvalue weighted by atomic mass is 16.5. The van der Waals surface area contributed by atoms with E-state index in [1.54, 1.807) is 0 Å². The van der Waals surface area contributed by atoms with Gasteiger partial charge < -0.3 is 14.7 Å². The summed E-state index contributed by atoms with van der Waals surface area (Å²) in [6.45, 7) is 9.66. The monoisotopic (exact) mass is 310 g/mol. The van der Waals surface area contributed by atoms with Gasteiger partial charge in [0, 0.05) is 52.0 Å². The fraction of sp³-hybridized carbons (Fsp3) is 0.941. The van der Waals surface area contributed by atoms with E-state index in [1.165, 1.54) is 0 Å². The molecule has 2 aliphatic heterocycles. The lowest BCUT2D eigenvalue weighted by Crippen LogP contribution is -2.53. The molecule has 0 aromatic carbocycles. The summed E-state index contributed by atoms with van der Waals surface area (Å²) in [7, 11) is 0. The third-order valence-electron chi connectivity index (χ3n) is 6.26. The van der Waals surface area contributed by atoms with Crippen LogP contribution >= 0.6 is 0 Å². The van der Waals surface area contributed by atoms with Gasteiger partial charge in [-0.25, -0.2) is 0 Å². The van der Waals surface area contributed by atoms with Crippen molar-refractivity contribution in [1.82, 2.24) is 9.80 Å². The van der Waals surface area contributed by atoms with E-state index in [4.69, 9.17) is 4.74 Å². The van der Waals surface area contributed by atoms with Crippen molar-refractivity contribution in [2.24, 2.45) is 10.8 Å². The van der Waals surface area contributed by atoms with Crippen LogP contribution in [-0.2, 0) is 9.53 Å². The lowest BCUT2D eigenvalue weighted by molar-refractivity contribution is -0.142. The number of piperazine rings is 1. The second kappa shape index (κ2) is 6.10. The number of hydrogen-bond acceptors (Lipinski definition) is 4. The summed E-state index contributed by atoms with van der Waals surface area (Å²) in [5.74, 6) is 0.298. The Morgan fingerprint density at radius 3 is 2.36 bits per heavy atom. The van der Waals surface area contributed by atoms with Gasteiger partial charge in [0.05, 0.1) is 5.41 Å². The van der Waals surface area contributed by atoms with E-state index in [1.807, 2.05) is 0 Å². The Morgan fingerprint density at radius 2 is 1.82 bits per heavy atom. The van der Waals surface area contributed by atoms with Crippen molar-refractivity contribution in [3.05, 3.63) is 0 Å². The highest BCUT2D eigenvalue weighted by molar-refractivity contribution is 5.87. The van der Waals surface area contributed by atoms with Crippen LogP contribution in [0.3, 0.4) is 0 Å². The molecule has 1 N–H and O–H groups in total. The number of carbonyl (C=O) groups excluding carboxylic acids is 1. The zero-order valence-electron chi connectivity index (χ0n) is 14.0. The molecule has 0 aromatic rings. The number of carbonyl (C=O) groups is 1. The molecule has 3 rings (SSSR count). The fourth-order valence-corrected chi connectivity index (χ4v) is 4.65. The van der Waals surface area contributed by atoms with Crippen LogP contribution in [0.5, 0.6) is 0 Å². The Balaban J connectivity index is 1.67. The molecule has 0 radical (unpaired) electrons. The molecule has 1 spiro atoms. The zero-order valence-corrected chi connectivity index (χ0v) is 14.0. The van der Waals surface area contributed by atoms with Gasteiger partial charge in [0.25, 0.3) is 0 Å². The van der Waals surface area contributed by atoms with Gasteiger partial charge in [0.1, 0.15) is 0 Å². The van der Waals surface area contributed by atoms with Gasteiger partial charge in [-0.3, -0.25) is 9.69 Å². The van der Waals surface area contributed by atoms with Crippen molar-refractivity contribution in [2.75, 3.05) is 46.0 Å². The van der Waals surface area contributed by atoms with Crippen LogP contribution in [0, 0.1) is 10.8 Å². The summed E-state index contributed by atoms with van der Waals surface area (Å²) >= 11 is 0. The van der Waals surface area contributed by atoms with E-state index in [0.29, 0.717) is 18.4 Å². The highest BCUT2D eigenvalue weighted by Gasteiger charge is 2.71. The minimum atomic E-state index is -0.300. The standard InChI is InChI=1S/C17H30N2O3/c1-14(2)18-6-8-19(9-7-18)15(21)17(3-10-20)13-16(17)4-11-22-12-5-16/h14,20H,3-13H2,1-2H3. The third kappa shape index (κ3) is 2.57. The molecule has 1 unspecified atom stereocenters. The number of hydrogen-bond donors (Lipinski definition) is 1. The normalized spacial score (nSPS) is 31.7. The minimum absolute atomic E-state index is 0.111. The molecular formula is C17H30N2O3. The molecular weight excluding hydrogens is 280 g/mol. The van der Waals surface area contributed by atoms with Gasteiger partial charge >= 0.3 is 0 Å². The molecule has 3 aliphatic rings. The highest BCUT2D eigenvalue weighted by Crippen LogP contribution is 2.71. The molecule has 5 nitrogen and oxygen atoms in total. The number of aliphatic hydroxyl groups excluding tert-OH is 1. The summed E-state index contributed by atoms with van der Waals surface area (Å²) in [6, 6.07) is 0.548. The maximum atomic E-state index is 13.2. The summed E-state index contributed by atoms with van der Waals surface area (Å²) in [4.78, 5) is 17.7. The van der Waals surface area contributed by atoms with E-state index in [-0.39, 0.29) is 17.4 Å². The quantitative estimate of drug-likeness (QED) is 0.845. The Bertz CT molecular complexity index is 412. The molecule has 3 fully saturated rings. The van der Waals surface area contributed by atoms with Crippen molar-refractivity contribution in [1.29, 1.82) is 0 Å². The van der Waals surface area contributed by atoms with Gasteiger partial charge in [-0.05, 0) is 44.9 Å². The van der Waals surface area contributed by atoms with E-state index >= 15 is 0 Å². The molecule has 5 heteroatoms. The Kier molecular flexibility index (Phi) is 4.49. The molecule has 1 aliphatic carbocycles. The maximum absolute atomic E-state index is 13.2. The lowest BCUT2D eigenvalue weighted by atomic mass is 9.83. The van der Waals surface area contributed by atoms with Crippen LogP contribution < -0.4 is 0 Å². The van der Waals surface area contributed by atoms with Gasteiger partial charge in [-0.1, -0.05) is 0 Å². The molecule has 1 saturated carbocycles. The van der Waals surface area contributed by atoms with Gasteiger partial charge in [-0.2, -0.15) is 0 Å². The summed E-state index contributed by atoms with van der Waals surface area (Å²) < 4.78 is 5.49. The number of aliphatic hydroxyl groups is 1. The van der Waals surface area contributed by atoms with Crippen LogP contribution in [0.25, 0.3) is 0 Å². The number of amides is 1. The molecule has 126 valence electrons. The maximum Gasteiger partial charge on any atom is 0.229 e. The largest absolute Gasteiger partial charge is 0.396 e. The van der Waals surface area contributed by atoms with E-state index in [9.17, 15) is 9.90 Å². The van der Waals surface area contributed by atoms with E-state index in [2.05, 4.69) is 23.6 Å². The molecule has 0 aromatic heterocycles. The van der Waals surface area contributed by atoms with Crippen molar-refractivity contribution in [3.63, 3.8) is 0 Å². The van der Waals surface area contributed by atoms with Crippen LogP contribution in [0.15, 0.2) is 0 Å². The Morgan fingerprint density at radius 1 is 1.18 bits per heavy atom. The second-order valence-electron chi connectivity index (χ2n) is 7.55. The first-order valence-corrected chi connectivity index (χ1v) is 8.77. The SMILES string of the molecule is CC(C)N1CCN(C(=O)C2(CCO)CC23CCOCC3)CC1. The predicted octanol–water partition coefficient (Wildman–Crippen LogP) is 1.11. The third-order valence-corrected chi connectivity index (χ3v) is 6.26. The zero-order chi connectivity index (χ0) is 15.8. The number of nitrogens with zero attached hydrogens (tertiary/aromatic N) is 2. The average molecular weight is 310 g/mol. The van der Waals surface area contributed by atoms with Crippen molar-refractivity contribution >= 4 is 5.91 Å². The summed E-state index contributed by atoms with van der Waals surface area (Å²) in [6.07, 6.45) is 3.53. The molecule has 0 bridgehead atoms. The molecule has 2 heterocycles. The van der Waals surface area contributed by atoms with Crippen LogP contribution in [0.2, 0.25) is 0 Å². The van der Waals surface area contributed by atoms with Crippen molar-refractivity contribution < 1.29 is 14.6 Å². The van der Waals surface area contributed by atoms with E-state index in [0.717, 1.165) is 58.7 Å². The second-order valence-corrected chi connectivity index (χ2v) is 7.55. The smallest absolute Gasteiger partial charge is 0.229 e. The topological polar surface area (TPSA) is 53.0 Å². The van der Waals surface area contributed by atoms with Crippen LogP contribution in [0.1, 0.15) is 39.5 Å². The van der Waals surface area contributed by atoms with Gasteiger partial charge in [0.15, 0.2) is 0 Å². The van der Waals surface area contributed by atoms with Crippen molar-refractivity contribution in [2.45, 2.75) is 45.6 Å². The number of rotatable bonds is 4. The predicted molar refractivity (Wildman–Crippen MR) is 84.5 cm³/mol. The first-order valence-electron chi connectivity index (χ1n) is 8.77. The van der Waals surface area contributed by atoms with Gasteiger partial charge in [-0.15, -0.1) is 0 Å². The van der Waals surface area contributed by atoms with Crippen molar-refractivity contribution in [3.8, 4) is 0 Å². The number of ether oxygens (including phenoxy) is 1. The first-order chi connectivity index (χ1) is 10.5. The van der Waals surface area contributed by atoms with Gasteiger partial charge in [0.2, 0.25) is 5.91 Å². The molecule has 1 atom stereocenters. The Hall–Kier alpha value is -0.650. The average Bonchev–Trinajstić information content (AvgIpc) is 3.14. The molecule has 1 amide bonds. The fourth-order valence-electron chi connectivity index (χ4n) is 4.65. The lowest BCUT2D eigenvalue weighted by Gasteiger charge is -2.39. The molecule has 22 heavy (non-hydrogen) atoms. The molecule has 2 saturated heterocycles. The minimum Gasteiger partial charge on any atom is -0.396 e. The first kappa shape index (κ1) is 16.2. The summed E-state index contributed by atoms with van der Waals surface area (Å²) in [5.41, 5.74) is -0.189.